The summed E-state index contributed by atoms with van der Waals surface area (Å²) >= 11 is 0. The first-order valence-electron chi connectivity index (χ1n) is 11.0. The van der Waals surface area contributed by atoms with Crippen molar-refractivity contribution in [1.82, 2.24) is 9.97 Å². The summed E-state index contributed by atoms with van der Waals surface area (Å²) in [6.07, 6.45) is 8.11. The van der Waals surface area contributed by atoms with Gasteiger partial charge in [0.1, 0.15) is 5.82 Å². The van der Waals surface area contributed by atoms with Gasteiger partial charge in [-0.05, 0) is 12.8 Å². The van der Waals surface area contributed by atoms with Crippen molar-refractivity contribution in [1.29, 1.82) is 0 Å². The molecule has 2 aromatic rings. The molecule has 0 atom stereocenters. The zero-order chi connectivity index (χ0) is 19.5. The number of aromatic nitrogens is 2. The number of hydrogen-bond donors (Lipinski definition) is 1. The molecule has 3 fully saturated rings. The largest absolute Gasteiger partial charge is 0.367 e. The SMILES string of the molecule is c1ccc(-c2cc(NC3CCCCC3)nc(N3CCC4(CC3)OCCO4)n2)cc1. The third kappa shape index (κ3) is 4.23. The van der Waals surface area contributed by atoms with Crippen LogP contribution in [0.4, 0.5) is 11.8 Å². The summed E-state index contributed by atoms with van der Waals surface area (Å²) in [5.74, 6) is 1.36. The normalized spacial score (nSPS) is 22.1. The highest BCUT2D eigenvalue weighted by molar-refractivity contribution is 5.64. The van der Waals surface area contributed by atoms with E-state index in [2.05, 4.69) is 40.5 Å². The Balaban J connectivity index is 1.40. The van der Waals surface area contributed by atoms with E-state index in [-0.39, 0.29) is 5.79 Å². The van der Waals surface area contributed by atoms with Crippen LogP contribution in [0.2, 0.25) is 0 Å². The summed E-state index contributed by atoms with van der Waals surface area (Å²) < 4.78 is 11.8. The first-order chi connectivity index (χ1) is 14.3. The van der Waals surface area contributed by atoms with Crippen LogP contribution in [0.25, 0.3) is 11.3 Å². The Morgan fingerprint density at radius 3 is 2.38 bits per heavy atom. The molecular weight excluding hydrogens is 364 g/mol. The molecule has 6 heteroatoms. The van der Waals surface area contributed by atoms with E-state index in [1.54, 1.807) is 0 Å². The number of rotatable bonds is 4. The third-order valence-electron chi connectivity index (χ3n) is 6.36. The van der Waals surface area contributed by atoms with Gasteiger partial charge in [-0.3, -0.25) is 0 Å². The number of hydrogen-bond acceptors (Lipinski definition) is 6. The second-order valence-corrected chi connectivity index (χ2v) is 8.38. The van der Waals surface area contributed by atoms with Gasteiger partial charge < -0.3 is 19.7 Å². The summed E-state index contributed by atoms with van der Waals surface area (Å²) in [5.41, 5.74) is 2.10. The average molecular weight is 395 g/mol. The van der Waals surface area contributed by atoms with E-state index in [4.69, 9.17) is 19.4 Å². The third-order valence-corrected chi connectivity index (χ3v) is 6.36. The molecule has 2 saturated heterocycles. The van der Waals surface area contributed by atoms with Crippen LogP contribution in [0, 0.1) is 0 Å². The van der Waals surface area contributed by atoms with Crippen molar-refractivity contribution in [2.75, 3.05) is 36.5 Å². The van der Waals surface area contributed by atoms with Crippen molar-refractivity contribution in [2.24, 2.45) is 0 Å². The molecule has 5 rings (SSSR count). The van der Waals surface area contributed by atoms with Gasteiger partial charge in [-0.1, -0.05) is 49.6 Å². The molecule has 0 bridgehead atoms. The van der Waals surface area contributed by atoms with Crippen LogP contribution in [-0.2, 0) is 9.47 Å². The second kappa shape index (κ2) is 8.28. The van der Waals surface area contributed by atoms with Crippen LogP contribution in [0.1, 0.15) is 44.9 Å². The van der Waals surface area contributed by atoms with Crippen molar-refractivity contribution in [2.45, 2.75) is 56.8 Å². The first kappa shape index (κ1) is 18.8. The molecule has 154 valence electrons. The molecule has 2 aliphatic heterocycles. The highest BCUT2D eigenvalue weighted by Gasteiger charge is 2.40. The lowest BCUT2D eigenvalue weighted by Crippen LogP contribution is -2.45. The molecule has 1 aromatic heterocycles. The zero-order valence-electron chi connectivity index (χ0n) is 17.0. The fraction of sp³-hybridized carbons (Fsp3) is 0.565. The Kier molecular flexibility index (Phi) is 5.38. The number of nitrogens with one attached hydrogen (secondary N) is 1. The van der Waals surface area contributed by atoms with E-state index in [9.17, 15) is 0 Å². The predicted molar refractivity (Wildman–Crippen MR) is 114 cm³/mol. The summed E-state index contributed by atoms with van der Waals surface area (Å²) in [6.45, 7) is 3.10. The monoisotopic (exact) mass is 394 g/mol. The van der Waals surface area contributed by atoms with Crippen LogP contribution >= 0.6 is 0 Å². The van der Waals surface area contributed by atoms with Crippen LogP contribution in [0.5, 0.6) is 0 Å². The highest BCUT2D eigenvalue weighted by Crippen LogP contribution is 2.33. The molecule has 3 heterocycles. The topological polar surface area (TPSA) is 59.5 Å². The zero-order valence-corrected chi connectivity index (χ0v) is 17.0. The first-order valence-corrected chi connectivity index (χ1v) is 11.0. The van der Waals surface area contributed by atoms with E-state index >= 15 is 0 Å². The smallest absolute Gasteiger partial charge is 0.227 e. The van der Waals surface area contributed by atoms with Crippen molar-refractivity contribution < 1.29 is 9.47 Å². The summed E-state index contributed by atoms with van der Waals surface area (Å²) in [5, 5.41) is 3.69. The Labute approximate surface area is 172 Å². The van der Waals surface area contributed by atoms with Gasteiger partial charge in [0.25, 0.3) is 0 Å². The maximum Gasteiger partial charge on any atom is 0.227 e. The van der Waals surface area contributed by atoms with Crippen molar-refractivity contribution in [3.05, 3.63) is 36.4 Å². The number of ether oxygens (including phenoxy) is 2. The van der Waals surface area contributed by atoms with Crippen molar-refractivity contribution >= 4 is 11.8 Å². The van der Waals surface area contributed by atoms with Gasteiger partial charge in [0, 0.05) is 43.6 Å². The van der Waals surface area contributed by atoms with E-state index in [1.165, 1.54) is 32.1 Å². The lowest BCUT2D eigenvalue weighted by molar-refractivity contribution is -0.169. The minimum Gasteiger partial charge on any atom is -0.367 e. The number of piperidine rings is 1. The molecule has 1 spiro atoms. The van der Waals surface area contributed by atoms with Gasteiger partial charge in [-0.25, -0.2) is 4.98 Å². The standard InChI is InChI=1S/C23H30N4O2/c1-3-7-18(8-4-1)20-17-21(24-19-9-5-2-6-10-19)26-22(25-20)27-13-11-23(12-14-27)28-15-16-29-23/h1,3-4,7-8,17,19H,2,5-6,9-16H2,(H,24,25,26). The average Bonchev–Trinajstić information content (AvgIpc) is 3.23. The lowest BCUT2D eigenvalue weighted by Gasteiger charge is -2.37. The molecule has 6 nitrogen and oxygen atoms in total. The van der Waals surface area contributed by atoms with Crippen LogP contribution in [0.15, 0.2) is 36.4 Å². The maximum absolute atomic E-state index is 5.88. The van der Waals surface area contributed by atoms with Gasteiger partial charge in [0.2, 0.25) is 5.95 Å². The fourth-order valence-electron chi connectivity index (χ4n) is 4.70. The van der Waals surface area contributed by atoms with Crippen molar-refractivity contribution in [3.8, 4) is 11.3 Å². The molecule has 1 aromatic carbocycles. The summed E-state index contributed by atoms with van der Waals surface area (Å²) in [6, 6.07) is 13.0. The molecule has 0 radical (unpaired) electrons. The lowest BCUT2D eigenvalue weighted by atomic mass is 9.95. The highest BCUT2D eigenvalue weighted by atomic mass is 16.7. The minimum absolute atomic E-state index is 0.378. The predicted octanol–water partition coefficient (Wildman–Crippen LogP) is 4.23. The van der Waals surface area contributed by atoms with E-state index < -0.39 is 0 Å². The van der Waals surface area contributed by atoms with Gasteiger partial charge in [-0.2, -0.15) is 4.98 Å². The van der Waals surface area contributed by atoms with Gasteiger partial charge >= 0.3 is 0 Å². The van der Waals surface area contributed by atoms with Gasteiger partial charge in [0.15, 0.2) is 5.79 Å². The fourth-order valence-corrected chi connectivity index (χ4v) is 4.70. The Bertz CT molecular complexity index is 807. The van der Waals surface area contributed by atoms with E-state index in [0.717, 1.165) is 49.0 Å². The maximum atomic E-state index is 5.88. The van der Waals surface area contributed by atoms with Gasteiger partial charge in [0.05, 0.1) is 18.9 Å². The van der Waals surface area contributed by atoms with E-state index in [0.29, 0.717) is 19.3 Å². The summed E-state index contributed by atoms with van der Waals surface area (Å²) in [4.78, 5) is 12.1. The number of anilines is 2. The molecule has 0 unspecified atom stereocenters. The van der Waals surface area contributed by atoms with Crippen LogP contribution in [-0.4, -0.2) is 48.1 Å². The summed E-state index contributed by atoms with van der Waals surface area (Å²) in [7, 11) is 0. The number of benzene rings is 1. The Hall–Kier alpha value is -2.18. The molecule has 1 N–H and O–H groups in total. The van der Waals surface area contributed by atoms with Gasteiger partial charge in [-0.15, -0.1) is 0 Å². The molecule has 1 aliphatic carbocycles. The molecule has 3 aliphatic rings. The molecule has 29 heavy (non-hydrogen) atoms. The van der Waals surface area contributed by atoms with Crippen LogP contribution in [0.3, 0.4) is 0 Å². The molecule has 1 saturated carbocycles. The Morgan fingerprint density at radius 1 is 0.931 bits per heavy atom. The Morgan fingerprint density at radius 2 is 1.66 bits per heavy atom. The van der Waals surface area contributed by atoms with E-state index in [1.807, 2.05) is 6.07 Å². The second-order valence-electron chi connectivity index (χ2n) is 8.38. The quantitative estimate of drug-likeness (QED) is 0.837. The number of nitrogens with zero attached hydrogens (tertiary/aromatic N) is 3. The van der Waals surface area contributed by atoms with Crippen LogP contribution < -0.4 is 10.2 Å². The molecular formula is C23H30N4O2. The minimum atomic E-state index is -0.378. The molecule has 0 amide bonds. The van der Waals surface area contributed by atoms with Crippen molar-refractivity contribution in [3.63, 3.8) is 0 Å².